The summed E-state index contributed by atoms with van der Waals surface area (Å²) in [4.78, 5) is 13.0. The molecule has 0 aliphatic carbocycles. The molecule has 0 unspecified atom stereocenters. The fourth-order valence-electron chi connectivity index (χ4n) is 9.48. The van der Waals surface area contributed by atoms with Crippen molar-refractivity contribution in [2.24, 2.45) is 4.99 Å². The van der Waals surface area contributed by atoms with Crippen LogP contribution in [0.1, 0.15) is 76.4 Å². The number of amidine groups is 1. The van der Waals surface area contributed by atoms with Gasteiger partial charge in [-0.15, -0.1) is 46.3 Å². The molecule has 5 heterocycles. The molecule has 6 aromatic carbocycles. The molecular formula is C51H41N5Pt. The molecule has 9 aromatic rings. The third kappa shape index (κ3) is 5.39. The molecule has 6 heteroatoms. The molecular weight excluding hydrogens is 878 g/mol. The van der Waals surface area contributed by atoms with Crippen molar-refractivity contribution in [3.05, 3.63) is 184 Å². The zero-order valence-electron chi connectivity index (χ0n) is 32.6. The van der Waals surface area contributed by atoms with Gasteiger partial charge in [0.05, 0.1) is 17.6 Å². The third-order valence-corrected chi connectivity index (χ3v) is 12.2. The summed E-state index contributed by atoms with van der Waals surface area (Å²) >= 11 is 0. The molecule has 0 bridgehead atoms. The smallest absolute Gasteiger partial charge is 0.383 e. The zero-order valence-corrected chi connectivity index (χ0v) is 34.9. The SMILES string of the molecule is Cc1ccc2c(c1)c1ccc(-n3c4ccc(C(C)C)cc4c4cccnc43)[c-]c1n2-c1[c-]c(C2=N[C@H](c3ccccc3)[C@@H]3c4ccccc4CN23)c(C)cc1C.[Pt+2]. The summed E-state index contributed by atoms with van der Waals surface area (Å²) in [5.74, 6) is 1.44. The second-order valence-corrected chi connectivity index (χ2v) is 16.0. The van der Waals surface area contributed by atoms with Gasteiger partial charge in [0.25, 0.3) is 0 Å². The molecule has 0 N–H and O–H groups in total. The predicted octanol–water partition coefficient (Wildman–Crippen LogP) is 12.0. The van der Waals surface area contributed by atoms with Crippen molar-refractivity contribution < 1.29 is 21.1 Å². The fourth-order valence-corrected chi connectivity index (χ4v) is 9.48. The van der Waals surface area contributed by atoms with Crippen molar-refractivity contribution in [3.8, 4) is 11.4 Å². The van der Waals surface area contributed by atoms with Crippen LogP contribution in [0.2, 0.25) is 0 Å². The van der Waals surface area contributed by atoms with Crippen molar-refractivity contribution in [1.29, 1.82) is 0 Å². The number of nitrogens with zero attached hydrogens (tertiary/aromatic N) is 5. The number of rotatable bonds is 5. The van der Waals surface area contributed by atoms with Gasteiger partial charge in [-0.1, -0.05) is 117 Å². The minimum absolute atomic E-state index is 0. The normalized spacial score (nSPS) is 16.2. The van der Waals surface area contributed by atoms with E-state index in [1.807, 2.05) is 12.3 Å². The van der Waals surface area contributed by atoms with Crippen molar-refractivity contribution in [3.63, 3.8) is 0 Å². The number of aromatic nitrogens is 3. The van der Waals surface area contributed by atoms with Gasteiger partial charge in [0.15, 0.2) is 0 Å². The van der Waals surface area contributed by atoms with Crippen LogP contribution in [-0.4, -0.2) is 24.9 Å². The number of aryl methyl sites for hydroxylation is 3. The third-order valence-electron chi connectivity index (χ3n) is 12.2. The van der Waals surface area contributed by atoms with E-state index >= 15 is 0 Å². The van der Waals surface area contributed by atoms with Crippen LogP contribution < -0.4 is 0 Å². The molecule has 3 aromatic heterocycles. The van der Waals surface area contributed by atoms with Gasteiger partial charge in [-0.25, -0.2) is 4.98 Å². The van der Waals surface area contributed by atoms with E-state index < -0.39 is 0 Å². The minimum Gasteiger partial charge on any atom is -0.383 e. The Morgan fingerprint density at radius 3 is 2.30 bits per heavy atom. The molecule has 2 aliphatic rings. The Morgan fingerprint density at radius 1 is 0.684 bits per heavy atom. The molecule has 57 heavy (non-hydrogen) atoms. The maximum Gasteiger partial charge on any atom is 2.00 e. The second-order valence-electron chi connectivity index (χ2n) is 16.0. The molecule has 0 saturated carbocycles. The van der Waals surface area contributed by atoms with E-state index in [9.17, 15) is 0 Å². The van der Waals surface area contributed by atoms with Gasteiger partial charge in [0.2, 0.25) is 0 Å². The molecule has 5 nitrogen and oxygen atoms in total. The fraction of sp³-hybridized carbons (Fsp3) is 0.176. The summed E-state index contributed by atoms with van der Waals surface area (Å²) in [5, 5.41) is 4.73. The van der Waals surface area contributed by atoms with E-state index in [4.69, 9.17) is 9.98 Å². The number of aliphatic imine (C=N–C) groups is 1. The van der Waals surface area contributed by atoms with Gasteiger partial charge >= 0.3 is 21.1 Å². The van der Waals surface area contributed by atoms with E-state index in [0.717, 1.165) is 67.9 Å². The maximum atomic E-state index is 5.57. The van der Waals surface area contributed by atoms with Gasteiger partial charge in [-0.2, -0.15) is 6.07 Å². The summed E-state index contributed by atoms with van der Waals surface area (Å²) in [6.45, 7) is 11.9. The summed E-state index contributed by atoms with van der Waals surface area (Å²) in [6.07, 6.45) is 1.89. The average molecular weight is 919 g/mol. The van der Waals surface area contributed by atoms with Crippen molar-refractivity contribution in [2.45, 2.75) is 59.2 Å². The van der Waals surface area contributed by atoms with Crippen molar-refractivity contribution in [2.75, 3.05) is 0 Å². The van der Waals surface area contributed by atoms with Crippen LogP contribution in [0, 0.1) is 32.9 Å². The zero-order chi connectivity index (χ0) is 37.8. The van der Waals surface area contributed by atoms with Crippen LogP contribution in [0.25, 0.3) is 55.1 Å². The van der Waals surface area contributed by atoms with Crippen LogP contribution in [0.5, 0.6) is 0 Å². The monoisotopic (exact) mass is 918 g/mol. The van der Waals surface area contributed by atoms with Gasteiger partial charge in [0.1, 0.15) is 5.65 Å². The summed E-state index contributed by atoms with van der Waals surface area (Å²) in [5.41, 5.74) is 16.1. The van der Waals surface area contributed by atoms with E-state index in [2.05, 4.69) is 176 Å². The van der Waals surface area contributed by atoms with Gasteiger partial charge in [-0.05, 0) is 76.5 Å². The molecule has 0 amide bonds. The summed E-state index contributed by atoms with van der Waals surface area (Å²) < 4.78 is 4.66. The van der Waals surface area contributed by atoms with Crippen LogP contribution in [0.3, 0.4) is 0 Å². The molecule has 2 aliphatic heterocycles. The first kappa shape index (κ1) is 35.6. The molecule has 0 spiro atoms. The van der Waals surface area contributed by atoms with E-state index in [1.165, 1.54) is 44.2 Å². The second kappa shape index (κ2) is 13.4. The summed E-state index contributed by atoms with van der Waals surface area (Å²) in [7, 11) is 0. The largest absolute Gasteiger partial charge is 2.00 e. The number of hydrogen-bond donors (Lipinski definition) is 0. The van der Waals surface area contributed by atoms with Crippen molar-refractivity contribution >= 4 is 49.6 Å². The van der Waals surface area contributed by atoms with Gasteiger partial charge < -0.3 is 19.0 Å². The van der Waals surface area contributed by atoms with Crippen LogP contribution in [0.15, 0.2) is 133 Å². The molecule has 2 atom stereocenters. The van der Waals surface area contributed by atoms with E-state index in [0.29, 0.717) is 5.92 Å². The molecule has 11 rings (SSSR count). The first-order valence-electron chi connectivity index (χ1n) is 19.7. The molecule has 0 saturated heterocycles. The Hall–Kier alpha value is -5.77. The van der Waals surface area contributed by atoms with Gasteiger partial charge in [-0.3, -0.25) is 0 Å². The standard InChI is InChI=1S/C51H41N5.Pt/c1-30(2)35-18-22-44-43(26-35)40-16-11-23-52-50(40)55(44)37-19-20-39-42-24-31(3)17-21-45(42)56(47(39)27-37)46-28-41(32(4)25-33(46)5)51-53-48(34-12-7-6-8-13-34)49-38-15-10-9-14-36(38)29-54(49)51;/h6-26,30,48-49H,29H2,1-5H3;/q-2;+2/t48-,49+;/m1./s1. The topological polar surface area (TPSA) is 38.4 Å². The Bertz CT molecular complexity index is 3100. The Balaban J connectivity index is 0.00000396. The van der Waals surface area contributed by atoms with Crippen LogP contribution >= 0.6 is 0 Å². The first-order valence-corrected chi connectivity index (χ1v) is 19.7. The summed E-state index contributed by atoms with van der Waals surface area (Å²) in [6, 6.07) is 52.4. The minimum atomic E-state index is -0.00375. The van der Waals surface area contributed by atoms with Crippen molar-refractivity contribution in [1.82, 2.24) is 19.0 Å². The Morgan fingerprint density at radius 2 is 1.46 bits per heavy atom. The number of hydrogen-bond acceptors (Lipinski definition) is 3. The van der Waals surface area contributed by atoms with E-state index in [1.54, 1.807) is 0 Å². The van der Waals surface area contributed by atoms with Crippen LogP contribution in [0.4, 0.5) is 0 Å². The molecule has 0 radical (unpaired) electrons. The predicted molar refractivity (Wildman–Crippen MR) is 229 cm³/mol. The Labute approximate surface area is 347 Å². The van der Waals surface area contributed by atoms with Crippen LogP contribution in [-0.2, 0) is 27.6 Å². The number of benzene rings is 6. The first-order chi connectivity index (χ1) is 27.3. The number of pyridine rings is 1. The molecule has 280 valence electrons. The Kier molecular flexibility index (Phi) is 8.39. The number of fused-ring (bicyclic) bond motifs is 9. The van der Waals surface area contributed by atoms with Gasteiger partial charge in [0, 0.05) is 34.9 Å². The van der Waals surface area contributed by atoms with E-state index in [-0.39, 0.29) is 33.1 Å². The average Bonchev–Trinajstić information content (AvgIpc) is 3.95. The quantitative estimate of drug-likeness (QED) is 0.161. The maximum absolute atomic E-state index is 5.57. The molecule has 0 fully saturated rings.